The molecule has 1 heterocycles. The zero-order valence-electron chi connectivity index (χ0n) is 5.24. The van der Waals surface area contributed by atoms with Gasteiger partial charge in [0.25, 0.3) is 0 Å². The van der Waals surface area contributed by atoms with Crippen LogP contribution in [0.3, 0.4) is 0 Å². The molecule has 0 atom stereocenters. The molecule has 1 N–H and O–H groups in total. The number of hydrogen-bond acceptors (Lipinski definition) is 1. The third-order valence-corrected chi connectivity index (χ3v) is 1.37. The van der Waals surface area contributed by atoms with E-state index < -0.39 is 0 Å². The van der Waals surface area contributed by atoms with Crippen molar-refractivity contribution < 1.29 is 4.79 Å². The van der Waals surface area contributed by atoms with Gasteiger partial charge in [0.2, 0.25) is 5.91 Å². The lowest BCUT2D eigenvalue weighted by molar-refractivity contribution is -0.120. The standard InChI is InChI=1S/C7H9NO/c1-5-3-7(9)8-4-6(5)2/h1-4H2,(H,8,9). The van der Waals surface area contributed by atoms with Gasteiger partial charge in [-0.1, -0.05) is 13.2 Å². The quantitative estimate of drug-likeness (QED) is 0.502. The van der Waals surface area contributed by atoms with Crippen LogP contribution in [0.15, 0.2) is 24.3 Å². The van der Waals surface area contributed by atoms with Crippen LogP contribution in [0.4, 0.5) is 0 Å². The fraction of sp³-hybridized carbons (Fsp3) is 0.286. The highest BCUT2D eigenvalue weighted by atomic mass is 16.1. The minimum atomic E-state index is 0.0485. The van der Waals surface area contributed by atoms with E-state index in [1.54, 1.807) is 0 Å². The van der Waals surface area contributed by atoms with Crippen LogP contribution in [0.25, 0.3) is 0 Å². The zero-order chi connectivity index (χ0) is 6.85. The summed E-state index contributed by atoms with van der Waals surface area (Å²) in [6, 6.07) is 0. The Morgan fingerprint density at radius 1 is 1.33 bits per heavy atom. The normalized spacial score (nSPS) is 19.8. The van der Waals surface area contributed by atoms with Gasteiger partial charge < -0.3 is 5.32 Å². The van der Waals surface area contributed by atoms with Crippen molar-refractivity contribution in [1.29, 1.82) is 0 Å². The third kappa shape index (κ3) is 1.19. The Morgan fingerprint density at radius 3 is 2.44 bits per heavy atom. The molecule has 0 aliphatic carbocycles. The first kappa shape index (κ1) is 6.08. The number of carbonyl (C=O) groups excluding carboxylic acids is 1. The van der Waals surface area contributed by atoms with Crippen LogP contribution in [0, 0.1) is 0 Å². The lowest BCUT2D eigenvalue weighted by Crippen LogP contribution is -2.30. The van der Waals surface area contributed by atoms with Crippen LogP contribution >= 0.6 is 0 Å². The first-order valence-corrected chi connectivity index (χ1v) is 2.83. The Morgan fingerprint density at radius 2 is 2.00 bits per heavy atom. The van der Waals surface area contributed by atoms with E-state index in [0.717, 1.165) is 11.1 Å². The molecule has 1 rings (SSSR count). The fourth-order valence-electron chi connectivity index (χ4n) is 0.712. The molecule has 0 aromatic rings. The van der Waals surface area contributed by atoms with Gasteiger partial charge in [-0.05, 0) is 11.1 Å². The van der Waals surface area contributed by atoms with Gasteiger partial charge in [-0.2, -0.15) is 0 Å². The lowest BCUT2D eigenvalue weighted by atomic mass is 10.0. The summed E-state index contributed by atoms with van der Waals surface area (Å²) >= 11 is 0. The van der Waals surface area contributed by atoms with Crippen molar-refractivity contribution in [2.24, 2.45) is 0 Å². The SMILES string of the molecule is C=C1CNC(=O)CC1=C. The van der Waals surface area contributed by atoms with E-state index in [0.29, 0.717) is 13.0 Å². The highest BCUT2D eigenvalue weighted by molar-refractivity contribution is 5.81. The molecule has 9 heavy (non-hydrogen) atoms. The number of amides is 1. The minimum absolute atomic E-state index is 0.0485. The molecule has 0 aromatic heterocycles. The van der Waals surface area contributed by atoms with Gasteiger partial charge >= 0.3 is 0 Å². The van der Waals surface area contributed by atoms with Gasteiger partial charge in [-0.15, -0.1) is 0 Å². The summed E-state index contributed by atoms with van der Waals surface area (Å²) in [5.74, 6) is 0.0485. The van der Waals surface area contributed by atoms with Crippen molar-refractivity contribution >= 4 is 5.91 Å². The second-order valence-electron chi connectivity index (χ2n) is 2.16. The third-order valence-electron chi connectivity index (χ3n) is 1.37. The van der Waals surface area contributed by atoms with Crippen molar-refractivity contribution in [3.05, 3.63) is 24.3 Å². The van der Waals surface area contributed by atoms with E-state index in [-0.39, 0.29) is 5.91 Å². The number of piperidine rings is 1. The Balaban J connectivity index is 2.64. The molecule has 0 aromatic carbocycles. The average molecular weight is 123 g/mol. The Labute approximate surface area is 54.3 Å². The Kier molecular flexibility index (Phi) is 1.39. The van der Waals surface area contributed by atoms with Crippen molar-refractivity contribution in [2.75, 3.05) is 6.54 Å². The second kappa shape index (κ2) is 2.05. The van der Waals surface area contributed by atoms with Crippen LogP contribution in [-0.2, 0) is 4.79 Å². The lowest BCUT2D eigenvalue weighted by Gasteiger charge is -2.15. The van der Waals surface area contributed by atoms with Crippen LogP contribution in [-0.4, -0.2) is 12.5 Å². The van der Waals surface area contributed by atoms with E-state index in [1.165, 1.54) is 0 Å². The first-order chi connectivity index (χ1) is 4.20. The molecular formula is C7H9NO. The van der Waals surface area contributed by atoms with Gasteiger partial charge in [-0.3, -0.25) is 4.79 Å². The molecule has 0 radical (unpaired) electrons. The molecule has 1 saturated heterocycles. The molecule has 0 bridgehead atoms. The number of rotatable bonds is 0. The van der Waals surface area contributed by atoms with Crippen LogP contribution in [0.5, 0.6) is 0 Å². The van der Waals surface area contributed by atoms with Gasteiger partial charge in [0.05, 0.1) is 6.42 Å². The summed E-state index contributed by atoms with van der Waals surface area (Å²) in [6.45, 7) is 7.97. The van der Waals surface area contributed by atoms with Gasteiger partial charge in [0, 0.05) is 6.54 Å². The maximum Gasteiger partial charge on any atom is 0.224 e. The second-order valence-corrected chi connectivity index (χ2v) is 2.16. The van der Waals surface area contributed by atoms with E-state index in [4.69, 9.17) is 0 Å². The highest BCUT2D eigenvalue weighted by Gasteiger charge is 2.12. The molecule has 1 amide bonds. The average Bonchev–Trinajstić information content (AvgIpc) is 1.80. The van der Waals surface area contributed by atoms with E-state index in [2.05, 4.69) is 18.5 Å². The minimum Gasteiger partial charge on any atom is -0.352 e. The topological polar surface area (TPSA) is 29.1 Å². The monoisotopic (exact) mass is 123 g/mol. The van der Waals surface area contributed by atoms with Crippen LogP contribution in [0.1, 0.15) is 6.42 Å². The molecule has 0 spiro atoms. The predicted octanol–water partition coefficient (Wildman–Crippen LogP) is 0.619. The predicted molar refractivity (Wildman–Crippen MR) is 35.9 cm³/mol. The summed E-state index contributed by atoms with van der Waals surface area (Å²) in [4.78, 5) is 10.6. The molecular weight excluding hydrogens is 114 g/mol. The Hall–Kier alpha value is -1.05. The smallest absolute Gasteiger partial charge is 0.224 e. The van der Waals surface area contributed by atoms with Crippen molar-refractivity contribution in [3.63, 3.8) is 0 Å². The van der Waals surface area contributed by atoms with Crippen LogP contribution in [0.2, 0.25) is 0 Å². The molecule has 48 valence electrons. The molecule has 0 saturated carbocycles. The largest absolute Gasteiger partial charge is 0.352 e. The number of carbonyl (C=O) groups is 1. The van der Waals surface area contributed by atoms with Gasteiger partial charge in [0.1, 0.15) is 0 Å². The summed E-state index contributed by atoms with van der Waals surface area (Å²) in [5, 5.41) is 2.66. The molecule has 1 fully saturated rings. The van der Waals surface area contributed by atoms with Crippen molar-refractivity contribution in [3.8, 4) is 0 Å². The molecule has 0 unspecified atom stereocenters. The molecule has 2 heteroatoms. The molecule has 1 aliphatic heterocycles. The van der Waals surface area contributed by atoms with Crippen LogP contribution < -0.4 is 5.32 Å². The first-order valence-electron chi connectivity index (χ1n) is 2.83. The summed E-state index contributed by atoms with van der Waals surface area (Å²) < 4.78 is 0. The highest BCUT2D eigenvalue weighted by Crippen LogP contribution is 2.12. The molecule has 2 nitrogen and oxygen atoms in total. The van der Waals surface area contributed by atoms with Gasteiger partial charge in [0.15, 0.2) is 0 Å². The number of nitrogens with one attached hydrogen (secondary N) is 1. The Bertz CT molecular complexity index is 181. The summed E-state index contributed by atoms with van der Waals surface area (Å²) in [5.41, 5.74) is 1.80. The summed E-state index contributed by atoms with van der Waals surface area (Å²) in [6.07, 6.45) is 0.416. The van der Waals surface area contributed by atoms with Crippen molar-refractivity contribution in [1.82, 2.24) is 5.32 Å². The van der Waals surface area contributed by atoms with Gasteiger partial charge in [-0.25, -0.2) is 0 Å². The maximum absolute atomic E-state index is 10.6. The zero-order valence-corrected chi connectivity index (χ0v) is 5.24. The fourth-order valence-corrected chi connectivity index (χ4v) is 0.712. The van der Waals surface area contributed by atoms with E-state index >= 15 is 0 Å². The number of hydrogen-bond donors (Lipinski definition) is 1. The molecule has 1 aliphatic rings. The maximum atomic E-state index is 10.6. The summed E-state index contributed by atoms with van der Waals surface area (Å²) in [7, 11) is 0. The van der Waals surface area contributed by atoms with E-state index in [9.17, 15) is 4.79 Å². The van der Waals surface area contributed by atoms with Crippen molar-refractivity contribution in [2.45, 2.75) is 6.42 Å². The van der Waals surface area contributed by atoms with E-state index in [1.807, 2.05) is 0 Å².